The minimum absolute atomic E-state index is 0.0137. The summed E-state index contributed by atoms with van der Waals surface area (Å²) in [7, 11) is 0. The summed E-state index contributed by atoms with van der Waals surface area (Å²) in [5.41, 5.74) is -0.539. The van der Waals surface area contributed by atoms with Crippen LogP contribution in [0.2, 0.25) is 0 Å². The first-order valence-electron chi connectivity index (χ1n) is 11.4. The number of ketones is 1. The Hall–Kier alpha value is -4.18. The number of aromatic nitrogens is 4. The van der Waals surface area contributed by atoms with Gasteiger partial charge in [0.1, 0.15) is 12.1 Å². The lowest BCUT2D eigenvalue weighted by Crippen LogP contribution is -2.43. The second-order valence-electron chi connectivity index (χ2n) is 9.39. The summed E-state index contributed by atoms with van der Waals surface area (Å²) in [6.07, 6.45) is -4.77. The Labute approximate surface area is 221 Å². The Morgan fingerprint density at radius 2 is 1.89 bits per heavy atom. The van der Waals surface area contributed by atoms with Gasteiger partial charge in [-0.25, -0.2) is 0 Å². The Balaban J connectivity index is 1.63. The fraction of sp³-hybridized carbons (Fsp3) is 0.320. The zero-order valence-corrected chi connectivity index (χ0v) is 21.7. The summed E-state index contributed by atoms with van der Waals surface area (Å²) in [4.78, 5) is 28.6. The summed E-state index contributed by atoms with van der Waals surface area (Å²) in [5, 5.41) is 21.2. The number of thiocarbonyl (C=S) groups is 1. The van der Waals surface area contributed by atoms with Gasteiger partial charge in [0.15, 0.2) is 10.9 Å². The molecule has 4 rings (SSSR count). The molecule has 1 aliphatic rings. The lowest BCUT2D eigenvalue weighted by Gasteiger charge is -2.30. The van der Waals surface area contributed by atoms with Gasteiger partial charge >= 0.3 is 6.18 Å². The quantitative estimate of drug-likeness (QED) is 0.431. The largest absolute Gasteiger partial charge is 0.417 e. The SMILES string of the molecule is CC(=O)Cn1nnc(-c2ccc(CN3C(=S)N(c4ccc(C#N)c(C(F)(F)F)c4)C(=O)C3(C)C)c(C)c2)n1. The number of Topliss-reactive ketones (excluding diaryl/α,β-unsaturated/α-hetero) is 1. The van der Waals surface area contributed by atoms with E-state index in [2.05, 4.69) is 15.4 Å². The topological polar surface area (TPSA) is 108 Å². The van der Waals surface area contributed by atoms with Gasteiger partial charge in [-0.1, -0.05) is 12.1 Å². The van der Waals surface area contributed by atoms with Crippen LogP contribution in [0.3, 0.4) is 0 Å². The van der Waals surface area contributed by atoms with Gasteiger partial charge in [0, 0.05) is 12.1 Å². The number of rotatable bonds is 6. The average molecular weight is 542 g/mol. The Morgan fingerprint density at radius 1 is 1.18 bits per heavy atom. The standard InChI is InChI=1S/C25H22F3N7O2S/c1-14-9-16(21-30-32-34(31-21)12-15(2)36)5-6-18(14)13-33-23(38)35(22(37)24(33,3)4)19-8-7-17(11-29)20(10-19)25(26,27)28/h5-10H,12-13H2,1-4H3. The third-order valence-corrected chi connectivity index (χ3v) is 6.66. The van der Waals surface area contributed by atoms with Crippen molar-refractivity contribution in [2.75, 3.05) is 4.90 Å². The van der Waals surface area contributed by atoms with Crippen molar-refractivity contribution in [3.8, 4) is 17.5 Å². The number of carbonyl (C=O) groups excluding carboxylic acids is 2. The average Bonchev–Trinajstić information content (AvgIpc) is 3.35. The van der Waals surface area contributed by atoms with Crippen molar-refractivity contribution in [2.24, 2.45) is 0 Å². The Kier molecular flexibility index (Phi) is 6.79. The molecule has 0 N–H and O–H groups in total. The number of aryl methyl sites for hydroxylation is 1. The minimum Gasteiger partial charge on any atom is -0.330 e. The molecule has 2 heterocycles. The fourth-order valence-corrected chi connectivity index (χ4v) is 4.62. The van der Waals surface area contributed by atoms with Gasteiger partial charge in [0.2, 0.25) is 5.82 Å². The van der Waals surface area contributed by atoms with Crippen LogP contribution >= 0.6 is 12.2 Å². The van der Waals surface area contributed by atoms with Crippen LogP contribution in [-0.4, -0.2) is 47.4 Å². The van der Waals surface area contributed by atoms with Crippen LogP contribution in [0.15, 0.2) is 36.4 Å². The molecule has 0 saturated carbocycles. The molecule has 1 fully saturated rings. The summed E-state index contributed by atoms with van der Waals surface area (Å²) < 4.78 is 40.6. The first-order chi connectivity index (χ1) is 17.7. The zero-order valence-electron chi connectivity index (χ0n) is 20.9. The number of hydrogen-bond donors (Lipinski definition) is 0. The molecule has 38 heavy (non-hydrogen) atoms. The molecular weight excluding hydrogens is 519 g/mol. The lowest BCUT2D eigenvalue weighted by molar-refractivity contribution is -0.137. The highest BCUT2D eigenvalue weighted by atomic mass is 32.1. The number of hydrogen-bond acceptors (Lipinski definition) is 7. The number of alkyl halides is 3. The van der Waals surface area contributed by atoms with Crippen molar-refractivity contribution < 1.29 is 22.8 Å². The summed E-state index contributed by atoms with van der Waals surface area (Å²) in [5.74, 6) is -0.245. The van der Waals surface area contributed by atoms with E-state index in [1.165, 1.54) is 23.9 Å². The smallest absolute Gasteiger partial charge is 0.330 e. The van der Waals surface area contributed by atoms with Crippen LogP contribution in [-0.2, 0) is 28.9 Å². The van der Waals surface area contributed by atoms with Gasteiger partial charge < -0.3 is 4.90 Å². The minimum atomic E-state index is -4.77. The maximum atomic E-state index is 13.5. The van der Waals surface area contributed by atoms with Gasteiger partial charge in [-0.2, -0.15) is 23.2 Å². The van der Waals surface area contributed by atoms with Gasteiger partial charge in [0.05, 0.1) is 22.9 Å². The van der Waals surface area contributed by atoms with Crippen LogP contribution in [0.1, 0.15) is 43.0 Å². The number of halogens is 3. The number of carbonyl (C=O) groups is 2. The van der Waals surface area contributed by atoms with Gasteiger partial charge in [0.25, 0.3) is 5.91 Å². The molecule has 2 aromatic carbocycles. The van der Waals surface area contributed by atoms with Crippen molar-refractivity contribution in [1.29, 1.82) is 5.26 Å². The molecule has 1 saturated heterocycles. The van der Waals surface area contributed by atoms with Crippen LogP contribution in [0.25, 0.3) is 11.4 Å². The predicted molar refractivity (Wildman–Crippen MR) is 135 cm³/mol. The van der Waals surface area contributed by atoms with Crippen LogP contribution in [0.5, 0.6) is 0 Å². The highest BCUT2D eigenvalue weighted by Gasteiger charge is 2.50. The van der Waals surface area contributed by atoms with Crippen LogP contribution < -0.4 is 4.90 Å². The number of tetrazole rings is 1. The van der Waals surface area contributed by atoms with Gasteiger partial charge in [-0.05, 0) is 80.5 Å². The van der Waals surface area contributed by atoms with Crippen LogP contribution in [0, 0.1) is 18.3 Å². The molecule has 0 atom stereocenters. The molecule has 196 valence electrons. The van der Waals surface area contributed by atoms with E-state index >= 15 is 0 Å². The van der Waals surface area contributed by atoms with Crippen molar-refractivity contribution in [2.45, 2.75) is 52.5 Å². The third kappa shape index (κ3) is 4.87. The van der Waals surface area contributed by atoms with Gasteiger partial charge in [-0.3, -0.25) is 14.5 Å². The number of nitrogens with zero attached hydrogens (tertiary/aromatic N) is 7. The van der Waals surface area contributed by atoms with E-state index in [-0.39, 0.29) is 29.7 Å². The van der Waals surface area contributed by atoms with E-state index in [0.29, 0.717) is 11.4 Å². The molecule has 0 spiro atoms. The molecule has 3 aromatic rings. The number of nitriles is 1. The third-order valence-electron chi connectivity index (χ3n) is 6.26. The molecule has 1 aromatic heterocycles. The zero-order chi connectivity index (χ0) is 28.0. The number of benzene rings is 2. The monoisotopic (exact) mass is 541 g/mol. The van der Waals surface area contributed by atoms with E-state index in [0.717, 1.165) is 28.2 Å². The molecule has 1 aliphatic heterocycles. The van der Waals surface area contributed by atoms with Crippen molar-refractivity contribution >= 4 is 34.7 Å². The van der Waals surface area contributed by atoms with Crippen molar-refractivity contribution in [3.63, 3.8) is 0 Å². The fourth-order valence-electron chi connectivity index (χ4n) is 4.14. The molecule has 9 nitrogen and oxygen atoms in total. The summed E-state index contributed by atoms with van der Waals surface area (Å²) >= 11 is 5.58. The van der Waals surface area contributed by atoms with E-state index in [9.17, 15) is 22.8 Å². The van der Waals surface area contributed by atoms with E-state index in [1.807, 2.05) is 19.1 Å². The highest BCUT2D eigenvalue weighted by molar-refractivity contribution is 7.80. The molecule has 0 radical (unpaired) electrons. The first-order valence-corrected chi connectivity index (χ1v) is 11.8. The first kappa shape index (κ1) is 26.9. The summed E-state index contributed by atoms with van der Waals surface area (Å²) in [6, 6.07) is 10.1. The van der Waals surface area contributed by atoms with Crippen LogP contribution in [0.4, 0.5) is 18.9 Å². The van der Waals surface area contributed by atoms with Crippen molar-refractivity contribution in [1.82, 2.24) is 25.1 Å². The molecule has 0 bridgehead atoms. The van der Waals surface area contributed by atoms with E-state index in [4.69, 9.17) is 17.5 Å². The maximum absolute atomic E-state index is 13.5. The second-order valence-corrected chi connectivity index (χ2v) is 9.76. The summed E-state index contributed by atoms with van der Waals surface area (Å²) in [6.45, 7) is 6.82. The highest BCUT2D eigenvalue weighted by Crippen LogP contribution is 2.38. The Morgan fingerprint density at radius 3 is 2.50 bits per heavy atom. The van der Waals surface area contributed by atoms with Crippen molar-refractivity contribution in [3.05, 3.63) is 58.7 Å². The molecule has 13 heteroatoms. The van der Waals surface area contributed by atoms with E-state index < -0.39 is 28.7 Å². The molecule has 1 amide bonds. The van der Waals surface area contributed by atoms with E-state index in [1.54, 1.807) is 24.8 Å². The molecule has 0 unspecified atom stereocenters. The molecular formula is C25H22F3N7O2S. The lowest BCUT2D eigenvalue weighted by atomic mass is 10.00. The maximum Gasteiger partial charge on any atom is 0.417 e. The van der Waals surface area contributed by atoms with Gasteiger partial charge in [-0.15, -0.1) is 10.2 Å². The number of amides is 1. The predicted octanol–water partition coefficient (Wildman–Crippen LogP) is 4.04. The number of anilines is 1. The normalized spacial score (nSPS) is 15.2. The Bertz CT molecular complexity index is 1510. The second kappa shape index (κ2) is 9.60. The molecule has 0 aliphatic carbocycles.